The lowest BCUT2D eigenvalue weighted by atomic mass is 10.2. The van der Waals surface area contributed by atoms with Crippen molar-refractivity contribution in [1.82, 2.24) is 10.1 Å². The maximum atomic E-state index is 5.46. The van der Waals surface area contributed by atoms with E-state index in [9.17, 15) is 0 Å². The molecule has 2 aromatic heterocycles. The summed E-state index contributed by atoms with van der Waals surface area (Å²) in [6, 6.07) is 0. The van der Waals surface area contributed by atoms with Gasteiger partial charge in [0.15, 0.2) is 0 Å². The Morgan fingerprint density at radius 3 is 2.94 bits per heavy atom. The van der Waals surface area contributed by atoms with Gasteiger partial charge in [0.1, 0.15) is 5.76 Å². The van der Waals surface area contributed by atoms with Crippen LogP contribution in [0.3, 0.4) is 0 Å². The summed E-state index contributed by atoms with van der Waals surface area (Å²) in [5.74, 6) is 0.845. The Morgan fingerprint density at radius 1 is 1.38 bits per heavy atom. The fourth-order valence-electron chi connectivity index (χ4n) is 1.51. The van der Waals surface area contributed by atoms with Crippen LogP contribution in [0.25, 0.3) is 10.4 Å². The number of thiazole rings is 1. The number of hydrogen-bond acceptors (Lipinski definition) is 5. The number of rotatable bonds is 5. The molecule has 0 aliphatic carbocycles. The average molecular weight is 237 g/mol. The third kappa shape index (κ3) is 2.48. The van der Waals surface area contributed by atoms with Crippen LogP contribution in [0, 0.1) is 6.92 Å². The summed E-state index contributed by atoms with van der Waals surface area (Å²) in [4.78, 5) is 5.52. The summed E-state index contributed by atoms with van der Waals surface area (Å²) >= 11 is 1.70. The second-order valence-electron chi connectivity index (χ2n) is 3.66. The summed E-state index contributed by atoms with van der Waals surface area (Å²) < 4.78 is 5.04. The van der Waals surface area contributed by atoms with E-state index < -0.39 is 0 Å². The molecule has 2 heterocycles. The minimum atomic E-state index is 0.753. The lowest BCUT2D eigenvalue weighted by Crippen LogP contribution is -1.98. The molecular weight excluding hydrogens is 222 g/mol. The number of unbranched alkanes of at least 4 members (excludes halogenated alkanes) is 1. The predicted molar refractivity (Wildman–Crippen MR) is 64.3 cm³/mol. The molecule has 0 spiro atoms. The van der Waals surface area contributed by atoms with Gasteiger partial charge in [-0.05, 0) is 32.7 Å². The van der Waals surface area contributed by atoms with Crippen LogP contribution >= 0.6 is 11.3 Å². The van der Waals surface area contributed by atoms with Gasteiger partial charge in [0.05, 0.1) is 21.6 Å². The van der Waals surface area contributed by atoms with Crippen LogP contribution in [0.2, 0.25) is 0 Å². The third-order valence-electron chi connectivity index (χ3n) is 2.41. The lowest BCUT2D eigenvalue weighted by molar-refractivity contribution is 0.398. The molecular formula is C11H15N3OS. The van der Waals surface area contributed by atoms with Crippen molar-refractivity contribution in [1.29, 1.82) is 0 Å². The highest BCUT2D eigenvalue weighted by Crippen LogP contribution is 2.29. The van der Waals surface area contributed by atoms with Crippen LogP contribution in [0.15, 0.2) is 16.9 Å². The molecule has 0 atom stereocenters. The zero-order valence-corrected chi connectivity index (χ0v) is 10.1. The zero-order valence-electron chi connectivity index (χ0n) is 9.27. The molecule has 0 aliphatic rings. The van der Waals surface area contributed by atoms with Crippen molar-refractivity contribution in [2.24, 2.45) is 5.73 Å². The van der Waals surface area contributed by atoms with Crippen LogP contribution in [-0.4, -0.2) is 16.7 Å². The van der Waals surface area contributed by atoms with Crippen LogP contribution in [0.1, 0.15) is 23.6 Å². The molecule has 0 aliphatic heterocycles. The topological polar surface area (TPSA) is 64.9 Å². The minimum Gasteiger partial charge on any atom is -0.361 e. The molecule has 0 saturated carbocycles. The lowest BCUT2D eigenvalue weighted by Gasteiger charge is -1.93. The Morgan fingerprint density at radius 2 is 2.25 bits per heavy atom. The fraction of sp³-hybridized carbons (Fsp3) is 0.455. The Labute approximate surface area is 98.5 Å². The van der Waals surface area contributed by atoms with Gasteiger partial charge in [0, 0.05) is 6.20 Å². The number of hydrogen-bond donors (Lipinski definition) is 1. The molecule has 0 saturated heterocycles. The number of aryl methyl sites for hydroxylation is 2. The van der Waals surface area contributed by atoms with E-state index >= 15 is 0 Å². The van der Waals surface area contributed by atoms with Crippen molar-refractivity contribution in [3.63, 3.8) is 0 Å². The monoisotopic (exact) mass is 237 g/mol. The number of nitrogens with two attached hydrogens (primary N) is 1. The van der Waals surface area contributed by atoms with E-state index in [4.69, 9.17) is 10.3 Å². The normalized spacial score (nSPS) is 10.9. The van der Waals surface area contributed by atoms with E-state index in [0.717, 1.165) is 47.0 Å². The largest absolute Gasteiger partial charge is 0.361 e. The maximum Gasteiger partial charge on any atom is 0.142 e. The first-order valence-electron chi connectivity index (χ1n) is 5.37. The fourth-order valence-corrected chi connectivity index (χ4v) is 2.52. The van der Waals surface area contributed by atoms with Gasteiger partial charge < -0.3 is 10.3 Å². The van der Waals surface area contributed by atoms with Crippen LogP contribution in [0.5, 0.6) is 0 Å². The molecule has 0 bridgehead atoms. The van der Waals surface area contributed by atoms with Gasteiger partial charge >= 0.3 is 0 Å². The highest BCUT2D eigenvalue weighted by molar-refractivity contribution is 7.15. The van der Waals surface area contributed by atoms with E-state index in [1.54, 1.807) is 17.5 Å². The van der Waals surface area contributed by atoms with Crippen molar-refractivity contribution < 1.29 is 4.52 Å². The molecule has 0 fully saturated rings. The molecule has 2 N–H and O–H groups in total. The molecule has 0 aromatic carbocycles. The second-order valence-corrected chi connectivity index (χ2v) is 4.77. The molecule has 0 radical (unpaired) electrons. The van der Waals surface area contributed by atoms with Crippen molar-refractivity contribution in [3.8, 4) is 10.4 Å². The molecule has 0 unspecified atom stereocenters. The molecule has 2 rings (SSSR count). The first-order chi connectivity index (χ1) is 7.81. The van der Waals surface area contributed by atoms with E-state index in [0.29, 0.717) is 0 Å². The first kappa shape index (κ1) is 11.3. The standard InChI is InChI=1S/C11H15N3OS/c1-8-9(6-14-15-8)10-7-13-11(16-10)4-2-3-5-12/h6-7H,2-5,12H2,1H3. The van der Waals surface area contributed by atoms with Gasteiger partial charge in [-0.25, -0.2) is 4.98 Å². The van der Waals surface area contributed by atoms with E-state index in [2.05, 4.69) is 10.1 Å². The van der Waals surface area contributed by atoms with Gasteiger partial charge in [-0.2, -0.15) is 0 Å². The van der Waals surface area contributed by atoms with Crippen LogP contribution in [0.4, 0.5) is 0 Å². The second kappa shape index (κ2) is 5.23. The molecule has 5 heteroatoms. The van der Waals surface area contributed by atoms with Crippen molar-refractivity contribution >= 4 is 11.3 Å². The Bertz CT molecular complexity index is 450. The average Bonchev–Trinajstić information content (AvgIpc) is 2.87. The summed E-state index contributed by atoms with van der Waals surface area (Å²) in [6.07, 6.45) is 6.80. The van der Waals surface area contributed by atoms with Crippen molar-refractivity contribution in [3.05, 3.63) is 23.2 Å². The van der Waals surface area contributed by atoms with Crippen LogP contribution in [-0.2, 0) is 6.42 Å². The molecule has 86 valence electrons. The van der Waals surface area contributed by atoms with Gasteiger partial charge in [0.25, 0.3) is 0 Å². The zero-order chi connectivity index (χ0) is 11.4. The SMILES string of the molecule is Cc1oncc1-c1cnc(CCCCN)s1. The van der Waals surface area contributed by atoms with E-state index in [1.807, 2.05) is 13.1 Å². The van der Waals surface area contributed by atoms with Gasteiger partial charge in [0.2, 0.25) is 0 Å². The van der Waals surface area contributed by atoms with Gasteiger partial charge in [-0.3, -0.25) is 0 Å². The molecule has 16 heavy (non-hydrogen) atoms. The Kier molecular flexibility index (Phi) is 3.69. The van der Waals surface area contributed by atoms with Gasteiger partial charge in [-0.15, -0.1) is 11.3 Å². The highest BCUT2D eigenvalue weighted by Gasteiger charge is 2.09. The third-order valence-corrected chi connectivity index (χ3v) is 3.50. The number of aromatic nitrogens is 2. The van der Waals surface area contributed by atoms with Crippen LogP contribution < -0.4 is 5.73 Å². The smallest absolute Gasteiger partial charge is 0.142 e. The Hall–Kier alpha value is -1.20. The quantitative estimate of drug-likeness (QED) is 0.811. The maximum absolute atomic E-state index is 5.46. The molecule has 2 aromatic rings. The first-order valence-corrected chi connectivity index (χ1v) is 6.19. The minimum absolute atomic E-state index is 0.753. The summed E-state index contributed by atoms with van der Waals surface area (Å²) in [6.45, 7) is 2.67. The summed E-state index contributed by atoms with van der Waals surface area (Å²) in [5, 5.41) is 4.93. The molecule has 0 amide bonds. The van der Waals surface area contributed by atoms with E-state index in [-0.39, 0.29) is 0 Å². The van der Waals surface area contributed by atoms with Gasteiger partial charge in [-0.1, -0.05) is 5.16 Å². The summed E-state index contributed by atoms with van der Waals surface area (Å²) in [5.41, 5.74) is 6.50. The molecule has 4 nitrogen and oxygen atoms in total. The van der Waals surface area contributed by atoms with E-state index in [1.165, 1.54) is 0 Å². The summed E-state index contributed by atoms with van der Waals surface area (Å²) in [7, 11) is 0. The highest BCUT2D eigenvalue weighted by atomic mass is 32.1. The van der Waals surface area contributed by atoms with Crippen molar-refractivity contribution in [2.75, 3.05) is 6.54 Å². The Balaban J connectivity index is 2.05. The number of nitrogens with zero attached hydrogens (tertiary/aromatic N) is 2. The predicted octanol–water partition coefficient (Wildman–Crippen LogP) is 2.39. The van der Waals surface area contributed by atoms with Crippen molar-refractivity contribution in [2.45, 2.75) is 26.2 Å².